The molecular weight excluding hydrogens is 314 g/mol. The molecule has 0 saturated carbocycles. The van der Waals surface area contributed by atoms with Gasteiger partial charge in [-0.05, 0) is 35.9 Å². The van der Waals surface area contributed by atoms with Gasteiger partial charge in [0.05, 0.1) is 6.54 Å². The molecule has 0 aliphatic carbocycles. The van der Waals surface area contributed by atoms with Crippen LogP contribution < -0.4 is 10.5 Å². The van der Waals surface area contributed by atoms with Crippen molar-refractivity contribution in [2.75, 3.05) is 19.8 Å². The van der Waals surface area contributed by atoms with Gasteiger partial charge in [0.25, 0.3) is 0 Å². The lowest BCUT2D eigenvalue weighted by Crippen LogP contribution is -2.27. The number of benzene rings is 2. The Hall–Kier alpha value is -3.08. The highest BCUT2D eigenvalue weighted by atomic mass is 16.5. The van der Waals surface area contributed by atoms with Crippen molar-refractivity contribution in [2.45, 2.75) is 6.42 Å². The number of ether oxygens (including phenoxy) is 1. The number of nitrogens with zero attached hydrogens (tertiary/aromatic N) is 2. The van der Waals surface area contributed by atoms with Crippen LogP contribution in [-0.2, 0) is 6.42 Å². The summed E-state index contributed by atoms with van der Waals surface area (Å²) in [6.45, 7) is 2.00. The third kappa shape index (κ3) is 4.94. The van der Waals surface area contributed by atoms with Gasteiger partial charge in [-0.2, -0.15) is 0 Å². The molecule has 1 heterocycles. The molecule has 0 atom stereocenters. The smallest absolute Gasteiger partial charge is 0.248 e. The van der Waals surface area contributed by atoms with E-state index in [1.54, 1.807) is 6.07 Å². The fourth-order valence-corrected chi connectivity index (χ4v) is 2.57. The second-order valence-electron chi connectivity index (χ2n) is 5.82. The topological polar surface area (TPSA) is 67.9 Å². The fourth-order valence-electron chi connectivity index (χ4n) is 2.57. The van der Waals surface area contributed by atoms with Crippen LogP contribution in [0.5, 0.6) is 5.75 Å². The molecule has 0 radical (unpaired) electrons. The normalized spacial score (nSPS) is 13.4. The predicted molar refractivity (Wildman–Crippen MR) is 98.7 cm³/mol. The van der Waals surface area contributed by atoms with Gasteiger partial charge in [-0.1, -0.05) is 30.3 Å². The predicted octanol–water partition coefficient (Wildman–Crippen LogP) is 2.63. The van der Waals surface area contributed by atoms with Gasteiger partial charge in [-0.15, -0.1) is 0 Å². The van der Waals surface area contributed by atoms with Gasteiger partial charge in [0, 0.05) is 23.9 Å². The molecule has 2 N–H and O–H groups in total. The molecule has 0 spiro atoms. The fraction of sp³-hybridized carbons (Fsp3) is 0.200. The minimum absolute atomic E-state index is 0.410. The Bertz CT molecular complexity index is 785. The Morgan fingerprint density at radius 1 is 1.16 bits per heavy atom. The summed E-state index contributed by atoms with van der Waals surface area (Å²) in [7, 11) is 0. The quantitative estimate of drug-likeness (QED) is 0.846. The van der Waals surface area contributed by atoms with E-state index in [1.807, 2.05) is 60.8 Å². The number of allylic oxidation sites excluding steroid dienone is 1. The maximum atomic E-state index is 11.3. The Morgan fingerprint density at radius 2 is 2.00 bits per heavy atom. The summed E-state index contributed by atoms with van der Waals surface area (Å²) in [6, 6.07) is 17.1. The number of para-hydroxylation sites is 1. The second-order valence-corrected chi connectivity index (χ2v) is 5.82. The molecule has 0 saturated heterocycles. The lowest BCUT2D eigenvalue weighted by atomic mass is 10.0. The highest BCUT2D eigenvalue weighted by molar-refractivity contribution is 5.97. The average Bonchev–Trinajstić information content (AvgIpc) is 2.64. The summed E-state index contributed by atoms with van der Waals surface area (Å²) in [5.74, 6) is 0.467. The third-order valence-corrected chi connectivity index (χ3v) is 3.92. The van der Waals surface area contributed by atoms with Crippen molar-refractivity contribution in [3.05, 3.63) is 78.0 Å². The van der Waals surface area contributed by atoms with Gasteiger partial charge in [0.2, 0.25) is 5.91 Å². The highest BCUT2D eigenvalue weighted by Crippen LogP contribution is 2.11. The van der Waals surface area contributed by atoms with E-state index < -0.39 is 5.91 Å². The molecule has 1 amide bonds. The Labute approximate surface area is 147 Å². The third-order valence-electron chi connectivity index (χ3n) is 3.92. The summed E-state index contributed by atoms with van der Waals surface area (Å²) >= 11 is 0. The average molecular weight is 335 g/mol. The van der Waals surface area contributed by atoms with E-state index in [1.165, 1.54) is 0 Å². The number of aliphatic imine (C=N–C) groups is 1. The monoisotopic (exact) mass is 335 g/mol. The van der Waals surface area contributed by atoms with E-state index >= 15 is 0 Å². The van der Waals surface area contributed by atoms with Crippen molar-refractivity contribution in [1.82, 2.24) is 4.90 Å². The summed E-state index contributed by atoms with van der Waals surface area (Å²) in [5, 5.41) is 0. The molecule has 5 nitrogen and oxygen atoms in total. The maximum Gasteiger partial charge on any atom is 0.248 e. The standard InChI is InChI=1S/C20H21N3O2/c21-20(24)17-6-4-5-16(13-17)14-18-9-10-23(15-22-18)11-12-25-19-7-2-1-3-8-19/h1-10,13H,11-12,14-15H2,(H2,21,24). The van der Waals surface area contributed by atoms with Gasteiger partial charge < -0.3 is 15.4 Å². The van der Waals surface area contributed by atoms with Crippen LogP contribution in [0.25, 0.3) is 0 Å². The molecule has 0 aromatic heterocycles. The van der Waals surface area contributed by atoms with Crippen molar-refractivity contribution in [3.8, 4) is 5.75 Å². The number of rotatable bonds is 7. The highest BCUT2D eigenvalue weighted by Gasteiger charge is 2.08. The van der Waals surface area contributed by atoms with E-state index in [9.17, 15) is 4.79 Å². The summed E-state index contributed by atoms with van der Waals surface area (Å²) in [6.07, 6.45) is 4.73. The number of amides is 1. The first kappa shape index (κ1) is 16.8. The van der Waals surface area contributed by atoms with Crippen LogP contribution in [0.3, 0.4) is 0 Å². The zero-order valence-corrected chi connectivity index (χ0v) is 14.0. The zero-order valence-electron chi connectivity index (χ0n) is 14.0. The van der Waals surface area contributed by atoms with Crippen molar-refractivity contribution in [2.24, 2.45) is 10.7 Å². The van der Waals surface area contributed by atoms with Crippen molar-refractivity contribution < 1.29 is 9.53 Å². The minimum atomic E-state index is -0.410. The lowest BCUT2D eigenvalue weighted by molar-refractivity contribution is 0.1000. The second kappa shape index (κ2) is 8.15. The summed E-state index contributed by atoms with van der Waals surface area (Å²) in [4.78, 5) is 17.9. The number of carbonyl (C=O) groups excluding carboxylic acids is 1. The Kier molecular flexibility index (Phi) is 5.46. The van der Waals surface area contributed by atoms with E-state index in [2.05, 4.69) is 9.89 Å². The molecule has 1 aliphatic heterocycles. The number of hydrogen-bond donors (Lipinski definition) is 1. The minimum Gasteiger partial charge on any atom is -0.492 e. The van der Waals surface area contributed by atoms with Crippen LogP contribution in [0.15, 0.2) is 71.9 Å². The molecule has 0 unspecified atom stereocenters. The number of hydrogen-bond acceptors (Lipinski definition) is 4. The molecule has 0 fully saturated rings. The van der Waals surface area contributed by atoms with E-state index in [4.69, 9.17) is 10.5 Å². The SMILES string of the molecule is NC(=O)c1cccc(CC2=NCN(CCOc3ccccc3)C=C2)c1. The first-order valence-corrected chi connectivity index (χ1v) is 8.23. The lowest BCUT2D eigenvalue weighted by Gasteiger charge is -2.22. The van der Waals surface area contributed by atoms with Gasteiger partial charge in [-0.25, -0.2) is 0 Å². The number of primary amides is 1. The molecular formula is C20H21N3O2. The first-order valence-electron chi connectivity index (χ1n) is 8.23. The number of nitrogens with two attached hydrogens (primary N) is 1. The van der Waals surface area contributed by atoms with Crippen molar-refractivity contribution in [3.63, 3.8) is 0 Å². The van der Waals surface area contributed by atoms with Crippen LogP contribution in [0, 0.1) is 0 Å². The van der Waals surface area contributed by atoms with Gasteiger partial charge >= 0.3 is 0 Å². The van der Waals surface area contributed by atoms with E-state index in [-0.39, 0.29) is 0 Å². The van der Waals surface area contributed by atoms with E-state index in [0.29, 0.717) is 25.3 Å². The molecule has 3 rings (SSSR count). The van der Waals surface area contributed by atoms with Gasteiger partial charge in [0.15, 0.2) is 0 Å². The van der Waals surface area contributed by atoms with Crippen molar-refractivity contribution >= 4 is 11.6 Å². The molecule has 0 bridgehead atoms. The molecule has 25 heavy (non-hydrogen) atoms. The van der Waals surface area contributed by atoms with Crippen LogP contribution in [0.4, 0.5) is 0 Å². The molecule has 2 aromatic carbocycles. The van der Waals surface area contributed by atoms with E-state index in [0.717, 1.165) is 23.6 Å². The van der Waals surface area contributed by atoms with Crippen LogP contribution in [-0.4, -0.2) is 36.3 Å². The van der Waals surface area contributed by atoms with Crippen LogP contribution in [0.2, 0.25) is 0 Å². The summed E-state index contributed by atoms with van der Waals surface area (Å²) < 4.78 is 5.70. The largest absolute Gasteiger partial charge is 0.492 e. The molecule has 128 valence electrons. The molecule has 1 aliphatic rings. The first-order chi connectivity index (χ1) is 12.2. The Balaban J connectivity index is 1.47. The Morgan fingerprint density at radius 3 is 2.72 bits per heavy atom. The van der Waals surface area contributed by atoms with Gasteiger partial charge in [-0.3, -0.25) is 9.79 Å². The molecule has 2 aromatic rings. The zero-order chi connectivity index (χ0) is 17.5. The molecule has 5 heteroatoms. The van der Waals surface area contributed by atoms with Crippen LogP contribution >= 0.6 is 0 Å². The number of carbonyl (C=O) groups is 1. The van der Waals surface area contributed by atoms with Gasteiger partial charge in [0.1, 0.15) is 19.0 Å². The maximum absolute atomic E-state index is 11.3. The summed E-state index contributed by atoms with van der Waals surface area (Å²) in [5.41, 5.74) is 7.86. The van der Waals surface area contributed by atoms with Crippen LogP contribution in [0.1, 0.15) is 15.9 Å². The van der Waals surface area contributed by atoms with Crippen molar-refractivity contribution in [1.29, 1.82) is 0 Å².